The molecule has 0 saturated carbocycles. The fraction of sp³-hybridized carbons (Fsp3) is 0.143. The predicted octanol–water partition coefficient (Wildman–Crippen LogP) is 0.253. The number of aromatic carboxylic acids is 1. The molecule has 0 saturated heterocycles. The smallest absolute Gasteiger partial charge is 0.337 e. The van der Waals surface area contributed by atoms with Gasteiger partial charge in [-0.1, -0.05) is 0 Å². The molecule has 0 aromatic carbocycles. The third-order valence-corrected chi connectivity index (χ3v) is 1.50. The van der Waals surface area contributed by atoms with E-state index in [4.69, 9.17) is 16.6 Å². The lowest BCUT2D eigenvalue weighted by Crippen LogP contribution is -2.06. The maximum absolute atomic E-state index is 10.5. The van der Waals surface area contributed by atoms with Gasteiger partial charge in [-0.15, -0.1) is 0 Å². The minimum absolute atomic E-state index is 0.0849. The molecule has 1 rings (SSSR count). The maximum atomic E-state index is 10.5. The van der Waals surface area contributed by atoms with Crippen LogP contribution >= 0.6 is 0 Å². The van der Waals surface area contributed by atoms with Crippen molar-refractivity contribution in [2.75, 3.05) is 11.5 Å². The Morgan fingerprint density at radius 3 is 2.67 bits per heavy atom. The minimum Gasteiger partial charge on any atom is -0.478 e. The molecule has 64 valence electrons. The van der Waals surface area contributed by atoms with Crippen molar-refractivity contribution in [2.45, 2.75) is 6.92 Å². The second-order valence-electron chi connectivity index (χ2n) is 2.40. The SMILES string of the molecule is Cc1nc(N)c(N)cc1C(=O)O. The van der Waals surface area contributed by atoms with Crippen molar-refractivity contribution in [2.24, 2.45) is 0 Å². The standard InChI is InChI=1S/C7H9N3O2/c1-3-4(7(11)12)2-5(8)6(9)10-3/h2H,8H2,1H3,(H2,9,10)(H,11,12). The maximum Gasteiger partial charge on any atom is 0.337 e. The first-order valence-electron chi connectivity index (χ1n) is 3.28. The number of anilines is 2. The van der Waals surface area contributed by atoms with Crippen LogP contribution in [0.2, 0.25) is 0 Å². The molecule has 0 bridgehead atoms. The van der Waals surface area contributed by atoms with Crippen molar-refractivity contribution in [3.05, 3.63) is 17.3 Å². The molecule has 5 nitrogen and oxygen atoms in total. The van der Waals surface area contributed by atoms with Gasteiger partial charge in [-0.2, -0.15) is 0 Å². The minimum atomic E-state index is -1.05. The number of carbonyl (C=O) groups is 1. The lowest BCUT2D eigenvalue weighted by molar-refractivity contribution is 0.0695. The summed E-state index contributed by atoms with van der Waals surface area (Å²) in [6, 6.07) is 1.31. The molecule has 0 atom stereocenters. The summed E-state index contributed by atoms with van der Waals surface area (Å²) in [6.45, 7) is 1.57. The molecule has 1 aromatic heterocycles. The van der Waals surface area contributed by atoms with E-state index >= 15 is 0 Å². The van der Waals surface area contributed by atoms with Crippen LogP contribution in [0.1, 0.15) is 16.1 Å². The molecule has 5 heteroatoms. The highest BCUT2D eigenvalue weighted by Gasteiger charge is 2.10. The summed E-state index contributed by atoms with van der Waals surface area (Å²) in [4.78, 5) is 14.3. The Kier molecular flexibility index (Phi) is 1.86. The summed E-state index contributed by atoms with van der Waals surface area (Å²) in [6.07, 6.45) is 0. The first-order chi connectivity index (χ1) is 5.52. The second-order valence-corrected chi connectivity index (χ2v) is 2.40. The topological polar surface area (TPSA) is 102 Å². The molecule has 0 aliphatic rings. The average molecular weight is 167 g/mol. The largest absolute Gasteiger partial charge is 0.478 e. The summed E-state index contributed by atoms with van der Waals surface area (Å²) in [5.74, 6) is -0.885. The molecule has 0 radical (unpaired) electrons. The van der Waals surface area contributed by atoms with Crippen molar-refractivity contribution >= 4 is 17.5 Å². The van der Waals surface area contributed by atoms with Gasteiger partial charge in [-0.25, -0.2) is 9.78 Å². The monoisotopic (exact) mass is 167 g/mol. The quantitative estimate of drug-likeness (QED) is 0.556. The van der Waals surface area contributed by atoms with E-state index in [9.17, 15) is 4.79 Å². The second kappa shape index (κ2) is 2.69. The number of carboxylic acid groups (broad SMARTS) is 1. The van der Waals surface area contributed by atoms with Crippen LogP contribution in [-0.4, -0.2) is 16.1 Å². The number of aryl methyl sites for hydroxylation is 1. The van der Waals surface area contributed by atoms with Crippen LogP contribution in [0.3, 0.4) is 0 Å². The number of pyridine rings is 1. The van der Waals surface area contributed by atoms with Gasteiger partial charge in [0.1, 0.15) is 5.82 Å². The highest BCUT2D eigenvalue weighted by molar-refractivity contribution is 5.90. The number of hydrogen-bond donors (Lipinski definition) is 3. The van der Waals surface area contributed by atoms with Gasteiger partial charge in [0.15, 0.2) is 0 Å². The molecular formula is C7H9N3O2. The van der Waals surface area contributed by atoms with Crippen LogP contribution in [0.5, 0.6) is 0 Å². The Hall–Kier alpha value is -1.78. The molecule has 12 heavy (non-hydrogen) atoms. The van der Waals surface area contributed by atoms with Gasteiger partial charge in [-0.3, -0.25) is 0 Å². The average Bonchev–Trinajstić information content (AvgIpc) is 1.96. The molecule has 0 aliphatic heterocycles. The van der Waals surface area contributed by atoms with Gasteiger partial charge in [-0.05, 0) is 13.0 Å². The fourth-order valence-electron chi connectivity index (χ4n) is 0.856. The summed E-state index contributed by atoms with van der Waals surface area (Å²) < 4.78 is 0. The summed E-state index contributed by atoms with van der Waals surface area (Å²) in [5.41, 5.74) is 11.4. The molecule has 0 unspecified atom stereocenters. The van der Waals surface area contributed by atoms with Gasteiger partial charge in [0.25, 0.3) is 0 Å². The molecule has 0 fully saturated rings. The van der Waals surface area contributed by atoms with Crippen molar-refractivity contribution in [3.63, 3.8) is 0 Å². The van der Waals surface area contributed by atoms with Gasteiger partial charge in [0, 0.05) is 0 Å². The molecular weight excluding hydrogens is 158 g/mol. The Labute approximate surface area is 69.0 Å². The summed E-state index contributed by atoms with van der Waals surface area (Å²) >= 11 is 0. The Bertz CT molecular complexity index is 336. The molecule has 0 aliphatic carbocycles. The fourth-order valence-corrected chi connectivity index (χ4v) is 0.856. The lowest BCUT2D eigenvalue weighted by Gasteiger charge is -2.03. The number of carboxylic acids is 1. The molecule has 1 aromatic rings. The van der Waals surface area contributed by atoms with Gasteiger partial charge < -0.3 is 16.6 Å². The Balaban J connectivity index is 3.33. The Morgan fingerprint density at radius 2 is 2.17 bits per heavy atom. The highest BCUT2D eigenvalue weighted by Crippen LogP contribution is 2.16. The zero-order valence-electron chi connectivity index (χ0n) is 6.53. The first-order valence-corrected chi connectivity index (χ1v) is 3.28. The normalized spacial score (nSPS) is 9.75. The van der Waals surface area contributed by atoms with Gasteiger partial charge in [0.05, 0.1) is 16.9 Å². The van der Waals surface area contributed by atoms with Crippen LogP contribution in [0.4, 0.5) is 11.5 Å². The van der Waals surface area contributed by atoms with Crippen LogP contribution in [0.15, 0.2) is 6.07 Å². The number of hydrogen-bond acceptors (Lipinski definition) is 4. The molecule has 1 heterocycles. The van der Waals surface area contributed by atoms with Gasteiger partial charge >= 0.3 is 5.97 Å². The van der Waals surface area contributed by atoms with E-state index in [0.29, 0.717) is 5.69 Å². The summed E-state index contributed by atoms with van der Waals surface area (Å²) in [5, 5.41) is 8.64. The number of nitrogens with zero attached hydrogens (tertiary/aromatic N) is 1. The predicted molar refractivity (Wildman–Crippen MR) is 44.8 cm³/mol. The third kappa shape index (κ3) is 1.29. The number of nitrogens with two attached hydrogens (primary N) is 2. The van der Waals surface area contributed by atoms with Crippen LogP contribution in [0, 0.1) is 6.92 Å². The third-order valence-electron chi connectivity index (χ3n) is 1.50. The molecule has 5 N–H and O–H groups in total. The zero-order chi connectivity index (χ0) is 9.30. The van der Waals surface area contributed by atoms with E-state index < -0.39 is 5.97 Å². The van der Waals surface area contributed by atoms with E-state index in [1.165, 1.54) is 6.07 Å². The van der Waals surface area contributed by atoms with E-state index in [0.717, 1.165) is 0 Å². The van der Waals surface area contributed by atoms with E-state index in [1.807, 2.05) is 0 Å². The van der Waals surface area contributed by atoms with Crippen molar-refractivity contribution in [1.82, 2.24) is 4.98 Å². The zero-order valence-corrected chi connectivity index (χ0v) is 6.53. The van der Waals surface area contributed by atoms with Crippen molar-refractivity contribution < 1.29 is 9.90 Å². The van der Waals surface area contributed by atoms with Crippen LogP contribution in [-0.2, 0) is 0 Å². The first kappa shape index (κ1) is 8.32. The molecule has 0 amide bonds. The number of rotatable bonds is 1. The van der Waals surface area contributed by atoms with Crippen molar-refractivity contribution in [3.8, 4) is 0 Å². The lowest BCUT2D eigenvalue weighted by atomic mass is 10.2. The number of aromatic nitrogens is 1. The van der Waals surface area contributed by atoms with Crippen LogP contribution < -0.4 is 11.5 Å². The molecule has 0 spiro atoms. The van der Waals surface area contributed by atoms with Gasteiger partial charge in [0.2, 0.25) is 0 Å². The van der Waals surface area contributed by atoms with Crippen LogP contribution in [0.25, 0.3) is 0 Å². The summed E-state index contributed by atoms with van der Waals surface area (Å²) in [7, 11) is 0. The van der Waals surface area contributed by atoms with E-state index in [1.54, 1.807) is 6.92 Å². The van der Waals surface area contributed by atoms with E-state index in [2.05, 4.69) is 4.98 Å². The van der Waals surface area contributed by atoms with E-state index in [-0.39, 0.29) is 17.1 Å². The highest BCUT2D eigenvalue weighted by atomic mass is 16.4. The van der Waals surface area contributed by atoms with Crippen molar-refractivity contribution in [1.29, 1.82) is 0 Å². The Morgan fingerprint density at radius 1 is 1.58 bits per heavy atom. The number of nitrogen functional groups attached to an aromatic ring is 2.